The Morgan fingerprint density at radius 2 is 1.77 bits per heavy atom. The number of alkyl carbamates (subject to hydrolysis) is 1. The number of carbonyl (C=O) groups is 1. The molecule has 1 amide bonds. The van der Waals surface area contributed by atoms with Crippen molar-refractivity contribution in [2.24, 2.45) is 0 Å². The van der Waals surface area contributed by atoms with Crippen LogP contribution in [0.4, 0.5) is 13.6 Å². The molecule has 0 unspecified atom stereocenters. The molecule has 0 aliphatic rings. The number of hydrogen-bond donors (Lipinski definition) is 2. The summed E-state index contributed by atoms with van der Waals surface area (Å²) in [4.78, 5) is 31.8. The van der Waals surface area contributed by atoms with Crippen molar-refractivity contribution in [2.45, 2.75) is 38.8 Å². The van der Waals surface area contributed by atoms with Gasteiger partial charge in [0.2, 0.25) is 5.56 Å². The first kappa shape index (κ1) is 24.1. The summed E-state index contributed by atoms with van der Waals surface area (Å²) in [6.07, 6.45) is 0.971. The van der Waals surface area contributed by atoms with Gasteiger partial charge in [-0.2, -0.15) is 0 Å². The van der Waals surface area contributed by atoms with Crippen LogP contribution in [0.3, 0.4) is 0 Å². The summed E-state index contributed by atoms with van der Waals surface area (Å²) < 4.78 is 33.2. The second kappa shape index (κ2) is 9.66. The van der Waals surface area contributed by atoms with Gasteiger partial charge in [0.05, 0.1) is 11.7 Å². The first-order valence-electron chi connectivity index (χ1n) is 11.1. The number of H-pyrrole nitrogens is 1. The lowest BCUT2D eigenvalue weighted by molar-refractivity contribution is 0.0502. The third-order valence-electron chi connectivity index (χ3n) is 5.26. The normalized spacial score (nSPS) is 12.4. The third kappa shape index (κ3) is 6.09. The number of amides is 1. The van der Waals surface area contributed by atoms with E-state index >= 15 is 0 Å². The molecule has 2 aromatic heterocycles. The molecule has 0 spiro atoms. The van der Waals surface area contributed by atoms with Crippen LogP contribution in [0.25, 0.3) is 22.0 Å². The first-order chi connectivity index (χ1) is 16.6. The molecule has 2 heterocycles. The fourth-order valence-electron chi connectivity index (χ4n) is 3.89. The van der Waals surface area contributed by atoms with Crippen LogP contribution < -0.4 is 10.9 Å². The van der Waals surface area contributed by atoms with Gasteiger partial charge in [-0.25, -0.2) is 13.6 Å². The number of aromatic amines is 1. The number of nitrogens with one attached hydrogen (secondary N) is 2. The number of carbonyl (C=O) groups excluding carboxylic acids is 1. The molecule has 0 saturated carbocycles. The zero-order chi connectivity index (χ0) is 25.2. The summed E-state index contributed by atoms with van der Waals surface area (Å²) in [5, 5.41) is 3.67. The zero-order valence-electron chi connectivity index (χ0n) is 19.6. The Balaban J connectivity index is 1.78. The summed E-state index contributed by atoms with van der Waals surface area (Å²) >= 11 is 0. The molecule has 8 heteroatoms. The van der Waals surface area contributed by atoms with E-state index in [2.05, 4.69) is 15.3 Å². The zero-order valence-corrected chi connectivity index (χ0v) is 19.6. The molecule has 4 aromatic rings. The minimum Gasteiger partial charge on any atom is -0.444 e. The van der Waals surface area contributed by atoms with Gasteiger partial charge in [-0.15, -0.1) is 0 Å². The average Bonchev–Trinajstić information content (AvgIpc) is 2.76. The minimum absolute atomic E-state index is 0.0718. The number of nitrogens with zero attached hydrogens (tertiary/aromatic N) is 1. The van der Waals surface area contributed by atoms with E-state index in [1.165, 1.54) is 18.2 Å². The van der Waals surface area contributed by atoms with E-state index in [4.69, 9.17) is 4.74 Å². The average molecular weight is 478 g/mol. The van der Waals surface area contributed by atoms with Crippen LogP contribution in [0.15, 0.2) is 71.7 Å². The Hall–Kier alpha value is -4.07. The maximum absolute atomic E-state index is 13.9. The fraction of sp³-hybridized carbons (Fsp3) is 0.222. The SMILES string of the molecule is CC(C)(C)OC(=O)N[C@@H](Cc1cc(F)cc(F)c1)c1ncccc1-c1ccc2ccc(=O)[nH]c2c1. The number of hydrogen-bond acceptors (Lipinski definition) is 4. The van der Waals surface area contributed by atoms with Crippen molar-refractivity contribution in [1.82, 2.24) is 15.3 Å². The van der Waals surface area contributed by atoms with Crippen LogP contribution in [0.2, 0.25) is 0 Å². The molecule has 35 heavy (non-hydrogen) atoms. The largest absolute Gasteiger partial charge is 0.444 e. The van der Waals surface area contributed by atoms with Gasteiger partial charge in [0.15, 0.2) is 0 Å². The van der Waals surface area contributed by atoms with E-state index in [1.807, 2.05) is 24.3 Å². The van der Waals surface area contributed by atoms with Gasteiger partial charge in [0.1, 0.15) is 17.2 Å². The van der Waals surface area contributed by atoms with E-state index in [0.29, 0.717) is 22.3 Å². The summed E-state index contributed by atoms with van der Waals surface area (Å²) in [7, 11) is 0. The summed E-state index contributed by atoms with van der Waals surface area (Å²) in [6.45, 7) is 5.22. The lowest BCUT2D eigenvalue weighted by Crippen LogP contribution is -2.36. The van der Waals surface area contributed by atoms with Crippen LogP contribution in [0.1, 0.15) is 38.1 Å². The lowest BCUT2D eigenvalue weighted by atomic mass is 9.95. The van der Waals surface area contributed by atoms with Gasteiger partial charge < -0.3 is 15.0 Å². The first-order valence-corrected chi connectivity index (χ1v) is 11.1. The predicted octanol–water partition coefficient (Wildman–Crippen LogP) is 5.68. The molecule has 2 N–H and O–H groups in total. The number of ether oxygens (including phenoxy) is 1. The number of fused-ring (bicyclic) bond motifs is 1. The predicted molar refractivity (Wildman–Crippen MR) is 130 cm³/mol. The van der Waals surface area contributed by atoms with E-state index in [0.717, 1.165) is 17.0 Å². The molecule has 4 rings (SSSR count). The van der Waals surface area contributed by atoms with Crippen molar-refractivity contribution in [2.75, 3.05) is 0 Å². The molecule has 0 radical (unpaired) electrons. The van der Waals surface area contributed by atoms with Gasteiger partial charge >= 0.3 is 6.09 Å². The second-order valence-electron chi connectivity index (χ2n) is 9.24. The summed E-state index contributed by atoms with van der Waals surface area (Å²) in [5.41, 5.74) is 1.97. The Kier molecular flexibility index (Phi) is 6.64. The van der Waals surface area contributed by atoms with E-state index < -0.39 is 29.4 Å². The molecule has 6 nitrogen and oxygen atoms in total. The number of halogens is 2. The number of aromatic nitrogens is 2. The number of rotatable bonds is 5. The highest BCUT2D eigenvalue weighted by molar-refractivity contribution is 5.84. The van der Waals surface area contributed by atoms with Crippen molar-refractivity contribution < 1.29 is 18.3 Å². The smallest absolute Gasteiger partial charge is 0.408 e. The summed E-state index contributed by atoms with van der Waals surface area (Å²) in [5.74, 6) is -1.42. The Morgan fingerprint density at radius 1 is 1.06 bits per heavy atom. The van der Waals surface area contributed by atoms with Crippen molar-refractivity contribution in [1.29, 1.82) is 0 Å². The van der Waals surface area contributed by atoms with E-state index in [-0.39, 0.29) is 12.0 Å². The molecular formula is C27H25F2N3O3. The molecule has 1 atom stereocenters. The number of benzene rings is 2. The molecular weight excluding hydrogens is 452 g/mol. The molecule has 180 valence electrons. The summed E-state index contributed by atoms with van der Waals surface area (Å²) in [6, 6.07) is 14.8. The highest BCUT2D eigenvalue weighted by Gasteiger charge is 2.24. The fourth-order valence-corrected chi connectivity index (χ4v) is 3.89. The topological polar surface area (TPSA) is 84.1 Å². The van der Waals surface area contributed by atoms with Gasteiger partial charge in [-0.05, 0) is 74.0 Å². The molecule has 0 fully saturated rings. The minimum atomic E-state index is -0.757. The van der Waals surface area contributed by atoms with Crippen LogP contribution in [0.5, 0.6) is 0 Å². The van der Waals surface area contributed by atoms with Crippen molar-refractivity contribution >= 4 is 17.0 Å². The Labute approximate surface area is 201 Å². The quantitative estimate of drug-likeness (QED) is 0.388. The van der Waals surface area contributed by atoms with Crippen LogP contribution >= 0.6 is 0 Å². The van der Waals surface area contributed by atoms with Crippen molar-refractivity contribution in [3.63, 3.8) is 0 Å². The molecule has 2 aromatic carbocycles. The number of pyridine rings is 2. The lowest BCUT2D eigenvalue weighted by Gasteiger charge is -2.25. The van der Waals surface area contributed by atoms with Crippen LogP contribution in [0, 0.1) is 11.6 Å². The van der Waals surface area contributed by atoms with Gasteiger partial charge in [-0.1, -0.05) is 18.2 Å². The van der Waals surface area contributed by atoms with E-state index in [1.54, 1.807) is 39.1 Å². The monoisotopic (exact) mass is 477 g/mol. The van der Waals surface area contributed by atoms with Gasteiger partial charge in [-0.3, -0.25) is 9.78 Å². The molecule has 0 bridgehead atoms. The maximum Gasteiger partial charge on any atom is 0.408 e. The Bertz CT molecular complexity index is 1420. The van der Waals surface area contributed by atoms with Gasteiger partial charge in [0, 0.05) is 29.4 Å². The maximum atomic E-state index is 13.9. The van der Waals surface area contributed by atoms with E-state index in [9.17, 15) is 18.4 Å². The molecule has 0 saturated heterocycles. The van der Waals surface area contributed by atoms with Crippen molar-refractivity contribution in [3.05, 3.63) is 100 Å². The van der Waals surface area contributed by atoms with Crippen molar-refractivity contribution in [3.8, 4) is 11.1 Å². The third-order valence-corrected chi connectivity index (χ3v) is 5.26. The van der Waals surface area contributed by atoms with Gasteiger partial charge in [0.25, 0.3) is 0 Å². The van der Waals surface area contributed by atoms with Crippen LogP contribution in [-0.2, 0) is 11.2 Å². The Morgan fingerprint density at radius 3 is 2.49 bits per heavy atom. The molecule has 0 aliphatic carbocycles. The second-order valence-corrected chi connectivity index (χ2v) is 9.24. The molecule has 0 aliphatic heterocycles. The highest BCUT2D eigenvalue weighted by atomic mass is 19.1. The highest BCUT2D eigenvalue weighted by Crippen LogP contribution is 2.31. The standard InChI is InChI=1S/C27H25F2N3O3/c1-27(2,3)35-26(34)32-23(13-16-11-19(28)15-20(29)12-16)25-21(5-4-10-30-25)18-7-6-17-8-9-24(33)31-22(17)14-18/h4-12,14-15,23H,13H2,1-3H3,(H,31,33)(H,32,34)/t23-/m0/s1. The van der Waals surface area contributed by atoms with Crippen LogP contribution in [-0.4, -0.2) is 21.7 Å².